The van der Waals surface area contributed by atoms with Gasteiger partial charge in [-0.25, -0.2) is 0 Å². The zero-order valence-corrected chi connectivity index (χ0v) is 13.7. The Balaban J connectivity index is 1.66. The van der Waals surface area contributed by atoms with Crippen molar-refractivity contribution in [1.82, 2.24) is 5.32 Å². The third-order valence-electron chi connectivity index (χ3n) is 4.32. The van der Waals surface area contributed by atoms with Gasteiger partial charge in [0.25, 0.3) is 0 Å². The van der Waals surface area contributed by atoms with E-state index in [1.807, 2.05) is 0 Å². The van der Waals surface area contributed by atoms with Gasteiger partial charge in [0, 0.05) is 13.0 Å². The molecule has 1 aliphatic rings. The van der Waals surface area contributed by atoms with Crippen molar-refractivity contribution in [3.8, 4) is 5.75 Å². The van der Waals surface area contributed by atoms with Crippen molar-refractivity contribution in [2.75, 3.05) is 6.61 Å². The summed E-state index contributed by atoms with van der Waals surface area (Å²) >= 11 is 0. The van der Waals surface area contributed by atoms with E-state index in [1.165, 1.54) is 44.2 Å². The number of carbonyl (C=O) groups excluding carboxylic acids is 1. The molecule has 1 aliphatic carbocycles. The third-order valence-corrected chi connectivity index (χ3v) is 4.32. The summed E-state index contributed by atoms with van der Waals surface area (Å²) in [5.74, 6) is 0.868. The second-order valence-corrected chi connectivity index (χ2v) is 6.37. The van der Waals surface area contributed by atoms with Crippen LogP contribution in [0.3, 0.4) is 0 Å². The van der Waals surface area contributed by atoms with E-state index in [4.69, 9.17) is 0 Å². The van der Waals surface area contributed by atoms with E-state index in [0.717, 1.165) is 12.0 Å². The molecule has 1 amide bonds. The molecular weight excluding hydrogens is 319 g/mol. The minimum absolute atomic E-state index is 0.0259. The van der Waals surface area contributed by atoms with Gasteiger partial charge in [-0.15, -0.1) is 0 Å². The molecule has 2 rings (SSSR count). The Morgan fingerprint density at radius 1 is 1.12 bits per heavy atom. The number of nitrogens with one attached hydrogen (secondary N) is 1. The fraction of sp³-hybridized carbons (Fsp3) is 0.611. The summed E-state index contributed by atoms with van der Waals surface area (Å²) in [5, 5.41) is 2.85. The van der Waals surface area contributed by atoms with Gasteiger partial charge >= 0.3 is 6.18 Å². The molecule has 0 unspecified atom stereocenters. The Morgan fingerprint density at radius 3 is 2.42 bits per heavy atom. The minimum Gasteiger partial charge on any atom is -0.484 e. The standard InChI is InChI=1S/C18H24F3NO2/c19-18(20,21)13-24-16-9-6-15(7-10-16)12-22-17(23)11-8-14-4-2-1-3-5-14/h6-7,9-10,14H,1-5,8,11-13H2,(H,22,23). The van der Waals surface area contributed by atoms with Crippen LogP contribution in [0.5, 0.6) is 5.75 Å². The number of hydrogen-bond donors (Lipinski definition) is 1. The van der Waals surface area contributed by atoms with Crippen LogP contribution in [0.1, 0.15) is 50.5 Å². The Labute approximate surface area is 140 Å². The highest BCUT2D eigenvalue weighted by molar-refractivity contribution is 5.75. The molecule has 0 bridgehead atoms. The molecule has 1 aromatic rings. The normalized spacial score (nSPS) is 16.0. The van der Waals surface area contributed by atoms with Crippen molar-refractivity contribution < 1.29 is 22.7 Å². The van der Waals surface area contributed by atoms with Gasteiger partial charge in [0.15, 0.2) is 6.61 Å². The van der Waals surface area contributed by atoms with E-state index in [2.05, 4.69) is 10.1 Å². The minimum atomic E-state index is -4.34. The largest absolute Gasteiger partial charge is 0.484 e. The van der Waals surface area contributed by atoms with Gasteiger partial charge in [-0.3, -0.25) is 4.79 Å². The lowest BCUT2D eigenvalue weighted by Gasteiger charge is -2.21. The summed E-state index contributed by atoms with van der Waals surface area (Å²) in [6.45, 7) is -0.923. The van der Waals surface area contributed by atoms with Crippen LogP contribution in [-0.2, 0) is 11.3 Å². The molecule has 0 aromatic heterocycles. The summed E-state index contributed by atoms with van der Waals surface area (Å²) in [4.78, 5) is 11.9. The Morgan fingerprint density at radius 2 is 1.79 bits per heavy atom. The maximum absolute atomic E-state index is 12.1. The van der Waals surface area contributed by atoms with Crippen LogP contribution in [0.15, 0.2) is 24.3 Å². The van der Waals surface area contributed by atoms with Crippen LogP contribution in [0.4, 0.5) is 13.2 Å². The summed E-state index contributed by atoms with van der Waals surface area (Å²) in [6.07, 6.45) is 3.45. The zero-order valence-electron chi connectivity index (χ0n) is 13.7. The molecule has 6 heteroatoms. The fourth-order valence-corrected chi connectivity index (χ4v) is 2.97. The summed E-state index contributed by atoms with van der Waals surface area (Å²) in [7, 11) is 0. The van der Waals surface area contributed by atoms with Crippen LogP contribution in [0.25, 0.3) is 0 Å². The van der Waals surface area contributed by atoms with Gasteiger partial charge in [0.05, 0.1) is 0 Å². The predicted octanol–water partition coefficient (Wildman–Crippen LogP) is 4.60. The van der Waals surface area contributed by atoms with Crippen molar-refractivity contribution in [2.45, 2.75) is 57.7 Å². The molecule has 0 saturated heterocycles. The van der Waals surface area contributed by atoms with Gasteiger partial charge in [0.2, 0.25) is 5.91 Å². The zero-order chi connectivity index (χ0) is 17.4. The van der Waals surface area contributed by atoms with Gasteiger partial charge in [-0.05, 0) is 30.0 Å². The first-order valence-corrected chi connectivity index (χ1v) is 8.47. The Hall–Kier alpha value is -1.72. The van der Waals surface area contributed by atoms with Gasteiger partial charge in [-0.2, -0.15) is 13.2 Å². The summed E-state index contributed by atoms with van der Waals surface area (Å²) in [6, 6.07) is 6.28. The predicted molar refractivity (Wildman–Crippen MR) is 85.6 cm³/mol. The number of alkyl halides is 3. The fourth-order valence-electron chi connectivity index (χ4n) is 2.97. The summed E-state index contributed by atoms with van der Waals surface area (Å²) in [5.41, 5.74) is 0.834. The number of benzene rings is 1. The van der Waals surface area contributed by atoms with Gasteiger partial charge in [0.1, 0.15) is 5.75 Å². The molecule has 134 valence electrons. The number of amides is 1. The molecule has 1 fully saturated rings. The van der Waals surface area contributed by atoms with Crippen molar-refractivity contribution in [1.29, 1.82) is 0 Å². The highest BCUT2D eigenvalue weighted by atomic mass is 19.4. The lowest BCUT2D eigenvalue weighted by molar-refractivity contribution is -0.153. The molecule has 3 nitrogen and oxygen atoms in total. The first kappa shape index (κ1) is 18.6. The highest BCUT2D eigenvalue weighted by Crippen LogP contribution is 2.27. The van der Waals surface area contributed by atoms with Gasteiger partial charge < -0.3 is 10.1 Å². The topological polar surface area (TPSA) is 38.3 Å². The van der Waals surface area contributed by atoms with Crippen molar-refractivity contribution in [2.24, 2.45) is 5.92 Å². The van der Waals surface area contributed by atoms with Crippen LogP contribution >= 0.6 is 0 Å². The monoisotopic (exact) mass is 343 g/mol. The van der Waals surface area contributed by atoms with Crippen LogP contribution in [-0.4, -0.2) is 18.7 Å². The molecule has 0 atom stereocenters. The molecule has 0 aliphatic heterocycles. The van der Waals surface area contributed by atoms with E-state index >= 15 is 0 Å². The molecule has 1 aromatic carbocycles. The smallest absolute Gasteiger partial charge is 0.422 e. The molecule has 1 saturated carbocycles. The van der Waals surface area contributed by atoms with Crippen molar-refractivity contribution in [3.05, 3.63) is 29.8 Å². The number of hydrogen-bond acceptors (Lipinski definition) is 2. The SMILES string of the molecule is O=C(CCC1CCCCC1)NCc1ccc(OCC(F)(F)F)cc1. The Bertz CT molecular complexity index is 508. The molecule has 0 radical (unpaired) electrons. The van der Waals surface area contributed by atoms with Crippen molar-refractivity contribution in [3.63, 3.8) is 0 Å². The van der Waals surface area contributed by atoms with E-state index in [-0.39, 0.29) is 11.7 Å². The lowest BCUT2D eigenvalue weighted by Crippen LogP contribution is -2.23. The number of rotatable bonds is 7. The first-order chi connectivity index (χ1) is 11.4. The quantitative estimate of drug-likeness (QED) is 0.785. The molecule has 1 N–H and O–H groups in total. The second-order valence-electron chi connectivity index (χ2n) is 6.37. The average molecular weight is 343 g/mol. The molecule has 24 heavy (non-hydrogen) atoms. The summed E-state index contributed by atoms with van der Waals surface area (Å²) < 4.78 is 40.8. The third kappa shape index (κ3) is 7.23. The maximum Gasteiger partial charge on any atom is 0.422 e. The number of carbonyl (C=O) groups is 1. The maximum atomic E-state index is 12.1. The molecule has 0 spiro atoms. The van der Waals surface area contributed by atoms with Crippen LogP contribution in [0.2, 0.25) is 0 Å². The van der Waals surface area contributed by atoms with Crippen molar-refractivity contribution >= 4 is 5.91 Å². The Kier molecular flexibility index (Phi) is 6.94. The van der Waals surface area contributed by atoms with E-state index < -0.39 is 12.8 Å². The number of halogens is 3. The molecular formula is C18H24F3NO2. The van der Waals surface area contributed by atoms with Crippen LogP contribution in [0, 0.1) is 5.92 Å². The highest BCUT2D eigenvalue weighted by Gasteiger charge is 2.28. The van der Waals surface area contributed by atoms with E-state index in [1.54, 1.807) is 12.1 Å². The average Bonchev–Trinajstić information content (AvgIpc) is 2.57. The lowest BCUT2D eigenvalue weighted by atomic mass is 9.86. The van der Waals surface area contributed by atoms with Gasteiger partial charge in [-0.1, -0.05) is 44.2 Å². The van der Waals surface area contributed by atoms with E-state index in [9.17, 15) is 18.0 Å². The van der Waals surface area contributed by atoms with Crippen LogP contribution < -0.4 is 10.1 Å². The second kappa shape index (κ2) is 8.94. The number of ether oxygens (including phenoxy) is 1. The first-order valence-electron chi connectivity index (χ1n) is 8.47. The molecule has 0 heterocycles. The van der Waals surface area contributed by atoms with E-state index in [0.29, 0.717) is 18.9 Å².